The second-order valence-electron chi connectivity index (χ2n) is 7.38. The first-order valence-electron chi connectivity index (χ1n) is 10.5. The zero-order valence-electron chi connectivity index (χ0n) is 18.7. The minimum atomic E-state index is -1.14. The van der Waals surface area contributed by atoms with Crippen molar-refractivity contribution in [2.24, 2.45) is 0 Å². The molecule has 0 spiro atoms. The third kappa shape index (κ3) is 5.88. The Hall–Kier alpha value is -3.80. The molecule has 13 heteroatoms. The third-order valence-corrected chi connectivity index (χ3v) is 5.75. The molecule has 0 fully saturated rings. The first-order chi connectivity index (χ1) is 17.4. The number of hydrogen-bond donors (Lipinski definition) is 4. The van der Waals surface area contributed by atoms with Crippen molar-refractivity contribution in [2.45, 2.75) is 13.5 Å². The number of halogens is 2. The van der Waals surface area contributed by atoms with Gasteiger partial charge in [0.25, 0.3) is 0 Å². The average Bonchev–Trinajstić information content (AvgIpc) is 3.32. The number of nitrogens with one attached hydrogen (secondary N) is 3. The third-order valence-electron chi connectivity index (χ3n) is 4.92. The van der Waals surface area contributed by atoms with Crippen LogP contribution in [-0.4, -0.2) is 31.9 Å². The highest BCUT2D eigenvalue weighted by atomic mass is 35.5. The fourth-order valence-electron chi connectivity index (χ4n) is 3.34. The Balaban J connectivity index is 1.65. The molecular weight excluding hydrogens is 527 g/mol. The molecule has 184 valence electrons. The monoisotopic (exact) mass is 545 g/mol. The molecule has 0 aliphatic carbocycles. The van der Waals surface area contributed by atoms with E-state index in [0.29, 0.717) is 67.6 Å². The summed E-state index contributed by atoms with van der Waals surface area (Å²) in [5.74, 6) is 1.10. The number of carbonyl (C=O) groups is 1. The van der Waals surface area contributed by atoms with Crippen LogP contribution < -0.4 is 16.0 Å². The summed E-state index contributed by atoms with van der Waals surface area (Å²) in [6, 6.07) is 10.2. The fourth-order valence-corrected chi connectivity index (χ4v) is 3.92. The molecule has 0 saturated carbocycles. The van der Waals surface area contributed by atoms with Crippen LogP contribution in [0.5, 0.6) is 0 Å². The molecule has 0 unspecified atom stereocenters. The minimum Gasteiger partial charge on any atom is -0.478 e. The maximum atomic E-state index is 11.6. The van der Waals surface area contributed by atoms with E-state index < -0.39 is 5.97 Å². The van der Waals surface area contributed by atoms with Gasteiger partial charge in [0.2, 0.25) is 0 Å². The Bertz CT molecular complexity index is 1430. The van der Waals surface area contributed by atoms with Crippen molar-refractivity contribution in [2.75, 3.05) is 21.8 Å². The number of carboxylic acids is 1. The number of aryl methyl sites for hydroxylation is 1. The second-order valence-corrected chi connectivity index (χ2v) is 8.75. The van der Waals surface area contributed by atoms with E-state index >= 15 is 0 Å². The van der Waals surface area contributed by atoms with Crippen molar-refractivity contribution < 1.29 is 18.5 Å². The first-order valence-corrected chi connectivity index (χ1v) is 12.1. The quantitative estimate of drug-likeness (QED) is 0.147. The van der Waals surface area contributed by atoms with Crippen LogP contribution in [0.2, 0.25) is 10.0 Å². The molecule has 0 amide bonds. The van der Waals surface area contributed by atoms with E-state index in [1.165, 1.54) is 18.5 Å². The Morgan fingerprint density at radius 2 is 1.92 bits per heavy atom. The van der Waals surface area contributed by atoms with Gasteiger partial charge in [-0.3, -0.25) is 4.98 Å². The van der Waals surface area contributed by atoms with Gasteiger partial charge >= 0.3 is 23.5 Å². The van der Waals surface area contributed by atoms with Crippen molar-refractivity contribution in [3.63, 3.8) is 0 Å². The number of anilines is 4. The molecule has 0 atom stereocenters. The highest BCUT2D eigenvalue weighted by Gasteiger charge is 2.19. The van der Waals surface area contributed by atoms with Gasteiger partial charge in [-0.25, -0.2) is 14.8 Å². The number of furan rings is 1. The standard InChI is InChI=1S/C23H18Cl2N6O4S/c1-12-29-21(28-11-36-34)20(22(30-12)31-18-6-7-26-10-16(18)23(32)33)27-9-14-3-5-19(35-14)15-8-13(24)2-4-17(15)25/h2-8,10,27H,9,11H2,1H3,(H2-,26,28,29,30,31,32,33)/p+1. The van der Waals surface area contributed by atoms with E-state index in [1.54, 1.807) is 37.3 Å². The van der Waals surface area contributed by atoms with E-state index in [0.717, 1.165) is 0 Å². The van der Waals surface area contributed by atoms with Crippen molar-refractivity contribution >= 4 is 63.8 Å². The normalized spacial score (nSPS) is 10.6. The molecule has 10 nitrogen and oxygen atoms in total. The second kappa shape index (κ2) is 11.3. The number of benzene rings is 1. The summed E-state index contributed by atoms with van der Waals surface area (Å²) in [5, 5.41) is 19.8. The lowest BCUT2D eigenvalue weighted by Crippen LogP contribution is -2.13. The average molecular weight is 546 g/mol. The number of nitrogens with zero attached hydrogens (tertiary/aromatic N) is 3. The van der Waals surface area contributed by atoms with Gasteiger partial charge in [0.1, 0.15) is 28.6 Å². The Labute approximate surface area is 219 Å². The maximum absolute atomic E-state index is 11.6. The number of aromatic carboxylic acids is 1. The summed E-state index contributed by atoms with van der Waals surface area (Å²) >= 11 is 12.7. The molecule has 0 saturated heterocycles. The molecule has 1 aromatic carbocycles. The summed E-state index contributed by atoms with van der Waals surface area (Å²) in [7, 11) is 0. The molecule has 0 aliphatic rings. The molecule has 0 bridgehead atoms. The fraction of sp³-hybridized carbons (Fsp3) is 0.130. The first kappa shape index (κ1) is 25.3. The van der Waals surface area contributed by atoms with Crippen LogP contribution in [0.25, 0.3) is 11.3 Å². The van der Waals surface area contributed by atoms with Crippen molar-refractivity contribution in [1.29, 1.82) is 0 Å². The van der Waals surface area contributed by atoms with Crippen LogP contribution in [0.1, 0.15) is 21.9 Å². The van der Waals surface area contributed by atoms with Gasteiger partial charge < -0.3 is 25.5 Å². The Morgan fingerprint density at radius 3 is 2.69 bits per heavy atom. The van der Waals surface area contributed by atoms with Crippen molar-refractivity contribution in [3.05, 3.63) is 76.0 Å². The minimum absolute atomic E-state index is 0.0292. The molecule has 4 rings (SSSR count). The van der Waals surface area contributed by atoms with E-state index in [4.69, 9.17) is 27.6 Å². The SMILES string of the molecule is Cc1nc(NC[S+]=O)c(NCc2ccc(-c3cc(Cl)ccc3Cl)o2)c(Nc2ccncc2C(=O)O)n1. The summed E-state index contributed by atoms with van der Waals surface area (Å²) < 4.78 is 17.0. The van der Waals surface area contributed by atoms with Crippen LogP contribution in [0, 0.1) is 6.92 Å². The largest absolute Gasteiger partial charge is 0.482 e. The Kier molecular flexibility index (Phi) is 7.93. The van der Waals surface area contributed by atoms with Crippen molar-refractivity contribution in [1.82, 2.24) is 15.0 Å². The van der Waals surface area contributed by atoms with Gasteiger partial charge in [0.15, 0.2) is 11.6 Å². The van der Waals surface area contributed by atoms with Crippen LogP contribution in [-0.2, 0) is 22.4 Å². The van der Waals surface area contributed by atoms with Crippen LogP contribution in [0.4, 0.5) is 23.0 Å². The molecule has 4 N–H and O–H groups in total. The number of aromatic nitrogens is 3. The highest BCUT2D eigenvalue weighted by Crippen LogP contribution is 2.34. The van der Waals surface area contributed by atoms with Crippen LogP contribution in [0.15, 0.2) is 53.2 Å². The predicted octanol–water partition coefficient (Wildman–Crippen LogP) is 5.60. The summed E-state index contributed by atoms with van der Waals surface area (Å²) in [4.78, 5) is 24.3. The lowest BCUT2D eigenvalue weighted by Gasteiger charge is -2.17. The molecule has 36 heavy (non-hydrogen) atoms. The number of pyridine rings is 1. The molecule has 4 aromatic rings. The molecule has 0 aliphatic heterocycles. The van der Waals surface area contributed by atoms with Gasteiger partial charge in [-0.05, 0) is 43.3 Å². The zero-order chi connectivity index (χ0) is 25.7. The van der Waals surface area contributed by atoms with Crippen LogP contribution in [0.3, 0.4) is 0 Å². The molecule has 0 radical (unpaired) electrons. The lowest BCUT2D eigenvalue weighted by molar-refractivity contribution is 0.0697. The number of rotatable bonds is 10. The molecule has 3 aromatic heterocycles. The van der Waals surface area contributed by atoms with Gasteiger partial charge in [-0.1, -0.05) is 23.2 Å². The zero-order valence-corrected chi connectivity index (χ0v) is 21.0. The predicted molar refractivity (Wildman–Crippen MR) is 139 cm³/mol. The lowest BCUT2D eigenvalue weighted by atomic mass is 10.2. The van der Waals surface area contributed by atoms with Crippen LogP contribution >= 0.6 is 23.2 Å². The van der Waals surface area contributed by atoms with E-state index in [2.05, 4.69) is 30.9 Å². The molecule has 3 heterocycles. The summed E-state index contributed by atoms with van der Waals surface area (Å²) in [6.45, 7) is 1.91. The van der Waals surface area contributed by atoms with E-state index in [9.17, 15) is 14.1 Å². The van der Waals surface area contributed by atoms with Gasteiger partial charge in [-0.2, -0.15) is 0 Å². The maximum Gasteiger partial charge on any atom is 0.482 e. The smallest absolute Gasteiger partial charge is 0.478 e. The highest BCUT2D eigenvalue weighted by molar-refractivity contribution is 7.65. The summed E-state index contributed by atoms with van der Waals surface area (Å²) in [5.41, 5.74) is 1.34. The number of hydrogen-bond acceptors (Lipinski definition) is 9. The number of carboxylic acid groups (broad SMARTS) is 1. The molecular formula is C23H19Cl2N6O4S+. The Morgan fingerprint density at radius 1 is 1.11 bits per heavy atom. The van der Waals surface area contributed by atoms with E-state index in [1.807, 2.05) is 0 Å². The topological polar surface area (TPSA) is 142 Å². The summed E-state index contributed by atoms with van der Waals surface area (Å²) in [6.07, 6.45) is 2.71. The van der Waals surface area contributed by atoms with Crippen molar-refractivity contribution in [3.8, 4) is 11.3 Å². The van der Waals surface area contributed by atoms with E-state index in [-0.39, 0.29) is 18.0 Å². The van der Waals surface area contributed by atoms with Gasteiger partial charge in [0.05, 0.1) is 17.3 Å². The van der Waals surface area contributed by atoms with Gasteiger partial charge in [-0.15, -0.1) is 0 Å². The van der Waals surface area contributed by atoms with Gasteiger partial charge in [0, 0.05) is 27.2 Å².